The summed E-state index contributed by atoms with van der Waals surface area (Å²) in [5, 5.41) is 3.53. The van der Waals surface area contributed by atoms with Crippen molar-refractivity contribution >= 4 is 11.6 Å². The van der Waals surface area contributed by atoms with Crippen molar-refractivity contribution in [2.45, 2.75) is 26.3 Å². The zero-order valence-electron chi connectivity index (χ0n) is 11.7. The van der Waals surface area contributed by atoms with Gasteiger partial charge >= 0.3 is 0 Å². The Morgan fingerprint density at radius 3 is 2.80 bits per heavy atom. The number of benzene rings is 1. The van der Waals surface area contributed by atoms with E-state index in [4.69, 9.17) is 11.6 Å². The predicted octanol–water partition coefficient (Wildman–Crippen LogP) is 4.08. The summed E-state index contributed by atoms with van der Waals surface area (Å²) in [7, 11) is 0. The Morgan fingerprint density at radius 1 is 1.30 bits per heavy atom. The number of likely N-dealkylation sites (N-methyl/N-ethyl adjacent to an activating group) is 1. The summed E-state index contributed by atoms with van der Waals surface area (Å²) in [6.07, 6.45) is 2.29. The summed E-state index contributed by atoms with van der Waals surface area (Å²) in [6, 6.07) is 9.00. The molecule has 0 aliphatic rings. The summed E-state index contributed by atoms with van der Waals surface area (Å²) < 4.78 is 14.0. The molecule has 0 amide bonds. The molecule has 1 N–H and O–H groups in total. The monoisotopic (exact) mass is 292 g/mol. The van der Waals surface area contributed by atoms with Crippen LogP contribution in [0.25, 0.3) is 0 Å². The van der Waals surface area contributed by atoms with E-state index in [9.17, 15) is 4.39 Å². The van der Waals surface area contributed by atoms with E-state index in [1.165, 1.54) is 0 Å². The van der Waals surface area contributed by atoms with E-state index >= 15 is 0 Å². The molecule has 0 radical (unpaired) electrons. The van der Waals surface area contributed by atoms with Gasteiger partial charge in [-0.1, -0.05) is 36.7 Å². The summed E-state index contributed by atoms with van der Waals surface area (Å²) in [6.45, 7) is 4.84. The van der Waals surface area contributed by atoms with Crippen LogP contribution >= 0.6 is 11.6 Å². The van der Waals surface area contributed by atoms with Crippen molar-refractivity contribution in [3.05, 3.63) is 64.2 Å². The fourth-order valence-electron chi connectivity index (χ4n) is 2.30. The molecule has 2 rings (SSSR count). The second-order valence-electron chi connectivity index (χ2n) is 4.73. The van der Waals surface area contributed by atoms with Gasteiger partial charge in [0.05, 0.1) is 16.8 Å². The highest BCUT2D eigenvalue weighted by Gasteiger charge is 2.17. The molecule has 0 fully saturated rings. The Morgan fingerprint density at radius 2 is 2.10 bits per heavy atom. The van der Waals surface area contributed by atoms with Crippen LogP contribution in [0.3, 0.4) is 0 Å². The minimum atomic E-state index is -0.342. The molecule has 1 atom stereocenters. The molecule has 0 aliphatic carbocycles. The highest BCUT2D eigenvalue weighted by Crippen LogP contribution is 2.24. The van der Waals surface area contributed by atoms with Gasteiger partial charge in [-0.2, -0.15) is 0 Å². The van der Waals surface area contributed by atoms with E-state index in [1.807, 2.05) is 26.0 Å². The molecule has 1 aromatic carbocycles. The minimum Gasteiger partial charge on any atom is -0.309 e. The van der Waals surface area contributed by atoms with Crippen LogP contribution in [-0.2, 0) is 6.42 Å². The standard InChI is InChI=1S/C16H18ClFN2/c1-3-19-14(16-11(2)6-5-9-20-16)10-12-7-4-8-13(17)15(12)18/h4-9,14,19H,3,10H2,1-2H3. The van der Waals surface area contributed by atoms with Crippen molar-refractivity contribution in [1.29, 1.82) is 0 Å². The average Bonchev–Trinajstić information content (AvgIpc) is 2.44. The van der Waals surface area contributed by atoms with Crippen molar-refractivity contribution in [2.75, 3.05) is 6.54 Å². The number of aromatic nitrogens is 1. The van der Waals surface area contributed by atoms with Gasteiger partial charge in [0.25, 0.3) is 0 Å². The Labute approximate surface area is 124 Å². The topological polar surface area (TPSA) is 24.9 Å². The fourth-order valence-corrected chi connectivity index (χ4v) is 2.49. The lowest BCUT2D eigenvalue weighted by Gasteiger charge is -2.19. The van der Waals surface area contributed by atoms with Crippen molar-refractivity contribution in [3.63, 3.8) is 0 Å². The van der Waals surface area contributed by atoms with Crippen molar-refractivity contribution in [2.24, 2.45) is 0 Å². The quantitative estimate of drug-likeness (QED) is 0.898. The SMILES string of the molecule is CCNC(Cc1cccc(Cl)c1F)c1ncccc1C. The van der Waals surface area contributed by atoms with Crippen LogP contribution in [0.1, 0.15) is 29.8 Å². The Kier molecular flexibility index (Phi) is 5.10. The first kappa shape index (κ1) is 14.9. The summed E-state index contributed by atoms with van der Waals surface area (Å²) in [4.78, 5) is 4.43. The lowest BCUT2D eigenvalue weighted by molar-refractivity contribution is 0.516. The third kappa shape index (κ3) is 3.35. The van der Waals surface area contributed by atoms with Crippen LogP contribution < -0.4 is 5.32 Å². The van der Waals surface area contributed by atoms with Gasteiger partial charge in [-0.25, -0.2) is 4.39 Å². The van der Waals surface area contributed by atoms with Crippen molar-refractivity contribution in [3.8, 4) is 0 Å². The predicted molar refractivity (Wildman–Crippen MR) is 80.5 cm³/mol. The lowest BCUT2D eigenvalue weighted by Crippen LogP contribution is -2.25. The molecule has 0 spiro atoms. The molecule has 0 saturated carbocycles. The van der Waals surface area contributed by atoms with Crippen molar-refractivity contribution < 1.29 is 4.39 Å². The maximum absolute atomic E-state index is 14.0. The molecule has 4 heteroatoms. The van der Waals surface area contributed by atoms with Crippen LogP contribution in [0.15, 0.2) is 36.5 Å². The molecule has 0 aliphatic heterocycles. The molecule has 2 nitrogen and oxygen atoms in total. The first-order valence-corrected chi connectivity index (χ1v) is 7.09. The van der Waals surface area contributed by atoms with Gasteiger partial charge in [0, 0.05) is 6.20 Å². The Balaban J connectivity index is 2.31. The normalized spacial score (nSPS) is 12.4. The largest absolute Gasteiger partial charge is 0.309 e. The maximum Gasteiger partial charge on any atom is 0.145 e. The van der Waals surface area contributed by atoms with Crippen LogP contribution in [0, 0.1) is 12.7 Å². The number of pyridine rings is 1. The van der Waals surface area contributed by atoms with E-state index in [1.54, 1.807) is 24.4 Å². The lowest BCUT2D eigenvalue weighted by atomic mass is 9.99. The summed E-state index contributed by atoms with van der Waals surface area (Å²) >= 11 is 5.84. The molecule has 106 valence electrons. The summed E-state index contributed by atoms with van der Waals surface area (Å²) in [5.74, 6) is -0.342. The zero-order valence-corrected chi connectivity index (χ0v) is 12.4. The molecule has 1 unspecified atom stereocenters. The average molecular weight is 293 g/mol. The third-order valence-electron chi connectivity index (χ3n) is 3.29. The Hall–Kier alpha value is -1.45. The first-order valence-electron chi connectivity index (χ1n) is 6.71. The van der Waals surface area contributed by atoms with Crippen LogP contribution in [0.5, 0.6) is 0 Å². The number of hydrogen-bond donors (Lipinski definition) is 1. The summed E-state index contributed by atoms with van der Waals surface area (Å²) in [5.41, 5.74) is 2.66. The van der Waals surface area contributed by atoms with Crippen LogP contribution in [-0.4, -0.2) is 11.5 Å². The molecule has 0 saturated heterocycles. The fraction of sp³-hybridized carbons (Fsp3) is 0.312. The van der Waals surface area contributed by atoms with Crippen LogP contribution in [0.4, 0.5) is 4.39 Å². The van der Waals surface area contributed by atoms with E-state index in [0.29, 0.717) is 12.0 Å². The molecule has 0 bridgehead atoms. The molecule has 1 heterocycles. The molecule has 20 heavy (non-hydrogen) atoms. The maximum atomic E-state index is 14.0. The number of hydrogen-bond acceptors (Lipinski definition) is 2. The number of nitrogens with one attached hydrogen (secondary N) is 1. The van der Waals surface area contributed by atoms with E-state index in [0.717, 1.165) is 17.8 Å². The second kappa shape index (κ2) is 6.82. The highest BCUT2D eigenvalue weighted by atomic mass is 35.5. The number of halogens is 2. The molecule has 1 aromatic heterocycles. The number of aryl methyl sites for hydroxylation is 1. The highest BCUT2D eigenvalue weighted by molar-refractivity contribution is 6.30. The van der Waals surface area contributed by atoms with Crippen molar-refractivity contribution in [1.82, 2.24) is 10.3 Å². The molecular formula is C16H18ClFN2. The Bertz CT molecular complexity index is 586. The van der Waals surface area contributed by atoms with E-state index in [-0.39, 0.29) is 16.9 Å². The van der Waals surface area contributed by atoms with Gasteiger partial charge in [-0.15, -0.1) is 0 Å². The van der Waals surface area contributed by atoms with Gasteiger partial charge in [0.1, 0.15) is 5.82 Å². The number of rotatable bonds is 5. The van der Waals surface area contributed by atoms with Gasteiger partial charge in [-0.3, -0.25) is 4.98 Å². The van der Waals surface area contributed by atoms with Crippen LogP contribution in [0.2, 0.25) is 5.02 Å². The van der Waals surface area contributed by atoms with Gasteiger partial charge < -0.3 is 5.32 Å². The molecular weight excluding hydrogens is 275 g/mol. The first-order chi connectivity index (χ1) is 9.63. The van der Waals surface area contributed by atoms with Gasteiger partial charge in [0.2, 0.25) is 0 Å². The zero-order chi connectivity index (χ0) is 14.5. The smallest absolute Gasteiger partial charge is 0.145 e. The van der Waals surface area contributed by atoms with E-state index in [2.05, 4.69) is 10.3 Å². The van der Waals surface area contributed by atoms with Gasteiger partial charge in [0.15, 0.2) is 0 Å². The molecule has 2 aromatic rings. The third-order valence-corrected chi connectivity index (χ3v) is 3.58. The van der Waals surface area contributed by atoms with Gasteiger partial charge in [-0.05, 0) is 43.1 Å². The van der Waals surface area contributed by atoms with E-state index < -0.39 is 0 Å². The number of nitrogens with zero attached hydrogens (tertiary/aromatic N) is 1. The second-order valence-corrected chi connectivity index (χ2v) is 5.14. The minimum absolute atomic E-state index is 0.0193.